The van der Waals surface area contributed by atoms with E-state index in [1.807, 2.05) is 4.90 Å². The summed E-state index contributed by atoms with van der Waals surface area (Å²) in [7, 11) is 0. The quantitative estimate of drug-likeness (QED) is 0.881. The van der Waals surface area contributed by atoms with Gasteiger partial charge in [0.1, 0.15) is 5.51 Å². The highest BCUT2D eigenvalue weighted by Gasteiger charge is 2.41. The zero-order valence-corrected chi connectivity index (χ0v) is 14.1. The third kappa shape index (κ3) is 3.42. The lowest BCUT2D eigenvalue weighted by molar-refractivity contribution is 0.0244. The highest BCUT2D eigenvalue weighted by Crippen LogP contribution is 2.35. The molecule has 126 valence electrons. The van der Waals surface area contributed by atoms with Gasteiger partial charge in [-0.15, -0.1) is 10.2 Å². The van der Waals surface area contributed by atoms with E-state index < -0.39 is 0 Å². The van der Waals surface area contributed by atoms with Gasteiger partial charge in [-0.3, -0.25) is 0 Å². The number of amides is 2. The second kappa shape index (κ2) is 6.24. The molecular weight excluding hydrogens is 314 g/mol. The molecule has 3 heterocycles. The number of likely N-dealkylation sites (tertiary alicyclic amines) is 1. The molecule has 1 aromatic rings. The van der Waals surface area contributed by atoms with Gasteiger partial charge in [-0.05, 0) is 25.7 Å². The maximum absolute atomic E-state index is 12.4. The molecule has 7 nitrogen and oxygen atoms in total. The largest absolute Gasteiger partial charge is 0.379 e. The molecule has 0 radical (unpaired) electrons. The zero-order valence-electron chi connectivity index (χ0n) is 13.2. The maximum Gasteiger partial charge on any atom is 0.317 e. The van der Waals surface area contributed by atoms with Gasteiger partial charge in [0.15, 0.2) is 0 Å². The average molecular weight is 337 g/mol. The van der Waals surface area contributed by atoms with Gasteiger partial charge in [-0.25, -0.2) is 4.79 Å². The predicted molar refractivity (Wildman–Crippen MR) is 87.7 cm³/mol. The van der Waals surface area contributed by atoms with E-state index in [4.69, 9.17) is 4.74 Å². The first kappa shape index (κ1) is 15.1. The first-order chi connectivity index (χ1) is 11.2. The fraction of sp³-hybridized carbons (Fsp3) is 0.800. The van der Waals surface area contributed by atoms with E-state index in [1.54, 1.807) is 16.8 Å². The van der Waals surface area contributed by atoms with E-state index in [9.17, 15) is 4.79 Å². The number of ether oxygens (including phenoxy) is 1. The third-order valence-electron chi connectivity index (χ3n) is 4.91. The number of piperidine rings is 1. The summed E-state index contributed by atoms with van der Waals surface area (Å²) >= 11 is 1.57. The first-order valence-electron chi connectivity index (χ1n) is 8.38. The summed E-state index contributed by atoms with van der Waals surface area (Å²) < 4.78 is 5.89. The van der Waals surface area contributed by atoms with Crippen molar-refractivity contribution in [3.8, 4) is 0 Å². The van der Waals surface area contributed by atoms with Crippen molar-refractivity contribution in [1.82, 2.24) is 20.4 Å². The second-order valence-corrected chi connectivity index (χ2v) is 7.76. The molecule has 1 atom stereocenters. The standard InChI is InChI=1S/C15H23N5O2S/c21-13(17-12-2-3-12)19-5-1-4-15(8-19)9-20(6-7-22-10-15)14-18-16-11-23-14/h11-12H,1-10H2,(H,17,21)/t15-/m0/s1. The highest BCUT2D eigenvalue weighted by molar-refractivity contribution is 7.13. The van der Waals surface area contributed by atoms with E-state index in [-0.39, 0.29) is 11.4 Å². The van der Waals surface area contributed by atoms with Gasteiger partial charge in [0, 0.05) is 37.6 Å². The van der Waals surface area contributed by atoms with Crippen molar-refractivity contribution < 1.29 is 9.53 Å². The van der Waals surface area contributed by atoms with E-state index in [0.29, 0.717) is 12.6 Å². The first-order valence-corrected chi connectivity index (χ1v) is 9.26. The predicted octanol–water partition coefficient (Wildman–Crippen LogP) is 1.33. The maximum atomic E-state index is 12.4. The Kier molecular flexibility index (Phi) is 4.11. The van der Waals surface area contributed by atoms with Gasteiger partial charge in [-0.1, -0.05) is 11.3 Å². The molecule has 23 heavy (non-hydrogen) atoms. The van der Waals surface area contributed by atoms with Gasteiger partial charge in [0.25, 0.3) is 0 Å². The number of aromatic nitrogens is 2. The average Bonchev–Trinajstić information content (AvgIpc) is 3.25. The molecule has 1 saturated carbocycles. The Labute approximate surface area is 140 Å². The number of carbonyl (C=O) groups excluding carboxylic acids is 1. The van der Waals surface area contributed by atoms with Crippen molar-refractivity contribution in [2.75, 3.05) is 44.3 Å². The fourth-order valence-corrected chi connectivity index (χ4v) is 4.17. The lowest BCUT2D eigenvalue weighted by Crippen LogP contribution is -2.54. The molecule has 0 unspecified atom stereocenters. The topological polar surface area (TPSA) is 70.6 Å². The van der Waals surface area contributed by atoms with Gasteiger partial charge in [-0.2, -0.15) is 0 Å². The summed E-state index contributed by atoms with van der Waals surface area (Å²) in [5.41, 5.74) is 1.77. The monoisotopic (exact) mass is 337 g/mol. The number of nitrogens with zero attached hydrogens (tertiary/aromatic N) is 4. The molecule has 2 amide bonds. The van der Waals surface area contributed by atoms with Crippen molar-refractivity contribution in [3.05, 3.63) is 5.51 Å². The van der Waals surface area contributed by atoms with Crippen LogP contribution >= 0.6 is 11.3 Å². The van der Waals surface area contributed by atoms with Crippen molar-refractivity contribution >= 4 is 22.5 Å². The summed E-state index contributed by atoms with van der Waals surface area (Å²) in [6, 6.07) is 0.502. The molecule has 0 aromatic carbocycles. The Bertz CT molecular complexity index is 550. The number of hydrogen-bond donors (Lipinski definition) is 1. The molecule has 1 aromatic heterocycles. The van der Waals surface area contributed by atoms with Crippen LogP contribution in [-0.2, 0) is 4.74 Å². The number of nitrogens with one attached hydrogen (secondary N) is 1. The van der Waals surface area contributed by atoms with Crippen LogP contribution in [-0.4, -0.2) is 66.6 Å². The number of rotatable bonds is 2. The van der Waals surface area contributed by atoms with Crippen LogP contribution in [0.1, 0.15) is 25.7 Å². The number of hydrogen-bond acceptors (Lipinski definition) is 6. The van der Waals surface area contributed by atoms with Crippen molar-refractivity contribution in [1.29, 1.82) is 0 Å². The van der Waals surface area contributed by atoms with Crippen molar-refractivity contribution in [3.63, 3.8) is 0 Å². The summed E-state index contributed by atoms with van der Waals surface area (Å²) in [5, 5.41) is 12.2. The molecule has 1 N–H and O–H groups in total. The molecule has 3 aliphatic rings. The summed E-state index contributed by atoms with van der Waals surface area (Å²) in [6.07, 6.45) is 4.37. The van der Waals surface area contributed by atoms with Crippen LogP contribution in [0.5, 0.6) is 0 Å². The van der Waals surface area contributed by atoms with E-state index in [2.05, 4.69) is 20.4 Å². The Morgan fingerprint density at radius 3 is 3.09 bits per heavy atom. The van der Waals surface area contributed by atoms with Crippen LogP contribution in [0.3, 0.4) is 0 Å². The Hall–Kier alpha value is -1.41. The lowest BCUT2D eigenvalue weighted by Gasteiger charge is -2.43. The zero-order chi connectivity index (χ0) is 15.7. The van der Waals surface area contributed by atoms with Gasteiger partial charge < -0.3 is 19.9 Å². The minimum absolute atomic E-state index is 0.00130. The van der Waals surface area contributed by atoms with Crippen LogP contribution in [0.4, 0.5) is 9.93 Å². The third-order valence-corrected chi connectivity index (χ3v) is 5.66. The fourth-order valence-electron chi connectivity index (χ4n) is 3.58. The molecule has 2 saturated heterocycles. The number of anilines is 1. The summed E-state index contributed by atoms with van der Waals surface area (Å²) in [4.78, 5) is 16.7. The Balaban J connectivity index is 1.47. The van der Waals surface area contributed by atoms with Crippen molar-refractivity contribution in [2.45, 2.75) is 31.7 Å². The van der Waals surface area contributed by atoms with E-state index >= 15 is 0 Å². The van der Waals surface area contributed by atoms with Crippen LogP contribution < -0.4 is 10.2 Å². The highest BCUT2D eigenvalue weighted by atomic mass is 32.1. The van der Waals surface area contributed by atoms with E-state index in [0.717, 1.165) is 63.6 Å². The van der Waals surface area contributed by atoms with Crippen LogP contribution in [0.2, 0.25) is 0 Å². The second-order valence-electron chi connectivity index (χ2n) is 6.94. The molecule has 3 fully saturated rings. The molecule has 1 spiro atoms. The van der Waals surface area contributed by atoms with Crippen LogP contribution in [0.15, 0.2) is 5.51 Å². The van der Waals surface area contributed by atoms with Gasteiger partial charge in [0.05, 0.1) is 13.2 Å². The smallest absolute Gasteiger partial charge is 0.317 e. The minimum Gasteiger partial charge on any atom is -0.379 e. The molecule has 1 aliphatic carbocycles. The minimum atomic E-state index is 0.00130. The van der Waals surface area contributed by atoms with Crippen molar-refractivity contribution in [2.24, 2.45) is 5.41 Å². The van der Waals surface area contributed by atoms with Crippen LogP contribution in [0, 0.1) is 5.41 Å². The van der Waals surface area contributed by atoms with E-state index in [1.165, 1.54) is 0 Å². The van der Waals surface area contributed by atoms with Crippen LogP contribution in [0.25, 0.3) is 0 Å². The Morgan fingerprint density at radius 1 is 1.39 bits per heavy atom. The SMILES string of the molecule is O=C(NC1CC1)N1CCC[C@]2(COCCN(c3nncs3)C2)C1. The summed E-state index contributed by atoms with van der Waals surface area (Å²) in [5.74, 6) is 0. The summed E-state index contributed by atoms with van der Waals surface area (Å²) in [6.45, 7) is 4.76. The molecule has 0 bridgehead atoms. The van der Waals surface area contributed by atoms with Gasteiger partial charge >= 0.3 is 6.03 Å². The molecular formula is C15H23N5O2S. The van der Waals surface area contributed by atoms with Gasteiger partial charge in [0.2, 0.25) is 5.13 Å². The lowest BCUT2D eigenvalue weighted by atomic mass is 9.80. The molecule has 2 aliphatic heterocycles. The molecule has 8 heteroatoms. The molecule has 4 rings (SSSR count). The normalized spacial score (nSPS) is 28.7. The number of urea groups is 1. The number of carbonyl (C=O) groups is 1. The Morgan fingerprint density at radius 2 is 2.30 bits per heavy atom.